The summed E-state index contributed by atoms with van der Waals surface area (Å²) in [5.41, 5.74) is 0.899. The Morgan fingerprint density at radius 2 is 1.63 bits per heavy atom. The first-order valence-corrected chi connectivity index (χ1v) is 9.58. The fourth-order valence-electron chi connectivity index (χ4n) is 3.25. The van der Waals surface area contributed by atoms with Gasteiger partial charge in [-0.05, 0) is 59.0 Å². The fraction of sp³-hybridized carbons (Fsp3) is 0.435. The van der Waals surface area contributed by atoms with E-state index in [0.29, 0.717) is 0 Å². The molecule has 4 nitrogen and oxygen atoms in total. The molecule has 27 heavy (non-hydrogen) atoms. The quantitative estimate of drug-likeness (QED) is 0.776. The number of para-hydroxylation sites is 1. The first kappa shape index (κ1) is 19.4. The lowest BCUT2D eigenvalue weighted by Gasteiger charge is -2.39. The van der Waals surface area contributed by atoms with Gasteiger partial charge >= 0.3 is 5.97 Å². The van der Waals surface area contributed by atoms with E-state index in [1.54, 1.807) is 0 Å². The van der Waals surface area contributed by atoms with Crippen LogP contribution in [0.2, 0.25) is 0 Å². The van der Waals surface area contributed by atoms with Crippen LogP contribution in [0.5, 0.6) is 11.5 Å². The van der Waals surface area contributed by atoms with Gasteiger partial charge < -0.3 is 14.8 Å². The molecule has 1 heterocycles. The van der Waals surface area contributed by atoms with Crippen LogP contribution < -0.4 is 10.1 Å². The van der Waals surface area contributed by atoms with Crippen LogP contribution in [0.1, 0.15) is 44.7 Å². The van der Waals surface area contributed by atoms with Gasteiger partial charge in [-0.1, -0.05) is 35.9 Å². The van der Waals surface area contributed by atoms with Crippen LogP contribution in [0.15, 0.2) is 48.5 Å². The van der Waals surface area contributed by atoms with Gasteiger partial charge in [-0.25, -0.2) is 0 Å². The molecule has 0 amide bonds. The Kier molecular flexibility index (Phi) is 5.56. The summed E-state index contributed by atoms with van der Waals surface area (Å²) in [4.78, 5) is 12.7. The van der Waals surface area contributed by atoms with Crippen molar-refractivity contribution in [3.8, 4) is 11.5 Å². The second kappa shape index (κ2) is 7.73. The number of nitrogens with one attached hydrogen (secondary N) is 1. The molecule has 1 fully saturated rings. The Morgan fingerprint density at radius 1 is 1.00 bits per heavy atom. The molecule has 2 aromatic carbocycles. The Hall–Kier alpha value is -2.33. The van der Waals surface area contributed by atoms with E-state index < -0.39 is 11.0 Å². The van der Waals surface area contributed by atoms with Crippen molar-refractivity contribution in [3.05, 3.63) is 59.7 Å². The van der Waals surface area contributed by atoms with E-state index in [-0.39, 0.29) is 5.97 Å². The number of ether oxygens (including phenoxy) is 2. The summed E-state index contributed by atoms with van der Waals surface area (Å²) >= 11 is 0. The summed E-state index contributed by atoms with van der Waals surface area (Å²) < 4.78 is 12.4. The number of hydrogen-bond acceptors (Lipinski definition) is 4. The third kappa shape index (κ3) is 4.51. The zero-order valence-electron chi connectivity index (χ0n) is 16.7. The van der Waals surface area contributed by atoms with E-state index in [0.717, 1.165) is 43.0 Å². The first-order chi connectivity index (χ1) is 12.8. The maximum atomic E-state index is 12.7. The van der Waals surface area contributed by atoms with Gasteiger partial charge in [0.1, 0.15) is 17.1 Å². The Bertz CT molecular complexity index is 784. The molecular formula is C23H29NO3. The molecule has 3 rings (SSSR count). The summed E-state index contributed by atoms with van der Waals surface area (Å²) in [7, 11) is 0. The van der Waals surface area contributed by atoms with Crippen LogP contribution in [-0.4, -0.2) is 19.1 Å². The third-order valence-electron chi connectivity index (χ3n) is 4.94. The molecule has 0 atom stereocenters. The highest BCUT2D eigenvalue weighted by Gasteiger charge is 2.42. The Balaban J connectivity index is 1.97. The summed E-state index contributed by atoms with van der Waals surface area (Å²) in [5.74, 6) is 1.33. The molecule has 0 radical (unpaired) electrons. The second-order valence-electron chi connectivity index (χ2n) is 8.30. The topological polar surface area (TPSA) is 47.6 Å². The Morgan fingerprint density at radius 3 is 2.26 bits per heavy atom. The minimum atomic E-state index is -0.670. The number of benzene rings is 2. The van der Waals surface area contributed by atoms with Gasteiger partial charge in [0, 0.05) is 18.4 Å². The molecule has 0 spiro atoms. The van der Waals surface area contributed by atoms with Crippen molar-refractivity contribution in [1.29, 1.82) is 0 Å². The summed E-state index contributed by atoms with van der Waals surface area (Å²) in [6.07, 6.45) is 1.45. The maximum Gasteiger partial charge on any atom is 0.312 e. The van der Waals surface area contributed by atoms with Gasteiger partial charge in [0.15, 0.2) is 0 Å². The standard InChI is InChI=1S/C23H29NO3/c1-17-9-11-18(12-10-17)26-20-8-6-5-7-19(20)23(13-15-24-16-14-23)27-21(25)22(2,3)4/h5-12,24H,13-16H2,1-4H3. The van der Waals surface area contributed by atoms with Crippen LogP contribution >= 0.6 is 0 Å². The monoisotopic (exact) mass is 367 g/mol. The number of piperidine rings is 1. The molecule has 4 heteroatoms. The van der Waals surface area contributed by atoms with E-state index in [1.807, 2.05) is 76.2 Å². The van der Waals surface area contributed by atoms with Crippen molar-refractivity contribution < 1.29 is 14.3 Å². The molecule has 1 saturated heterocycles. The number of carbonyl (C=O) groups excluding carboxylic acids is 1. The third-order valence-corrected chi connectivity index (χ3v) is 4.94. The zero-order chi connectivity index (χ0) is 19.5. The van der Waals surface area contributed by atoms with Crippen molar-refractivity contribution in [3.63, 3.8) is 0 Å². The van der Waals surface area contributed by atoms with E-state index in [2.05, 4.69) is 5.32 Å². The van der Waals surface area contributed by atoms with Crippen LogP contribution in [0, 0.1) is 12.3 Å². The lowest BCUT2D eigenvalue weighted by molar-refractivity contribution is -0.174. The number of carbonyl (C=O) groups is 1. The predicted octanol–water partition coefficient (Wildman–Crippen LogP) is 4.96. The predicted molar refractivity (Wildman–Crippen MR) is 107 cm³/mol. The first-order valence-electron chi connectivity index (χ1n) is 9.58. The van der Waals surface area contributed by atoms with Gasteiger partial charge in [-0.2, -0.15) is 0 Å². The highest BCUT2D eigenvalue weighted by atomic mass is 16.6. The normalized spacial score (nSPS) is 16.6. The number of hydrogen-bond donors (Lipinski definition) is 1. The van der Waals surface area contributed by atoms with Crippen molar-refractivity contribution in [2.75, 3.05) is 13.1 Å². The molecule has 144 valence electrons. The van der Waals surface area contributed by atoms with Crippen LogP contribution in [0.25, 0.3) is 0 Å². The zero-order valence-corrected chi connectivity index (χ0v) is 16.7. The molecule has 1 N–H and O–H groups in total. The van der Waals surface area contributed by atoms with E-state index >= 15 is 0 Å². The average molecular weight is 367 g/mol. The van der Waals surface area contributed by atoms with Gasteiger partial charge in [-0.3, -0.25) is 4.79 Å². The summed E-state index contributed by atoms with van der Waals surface area (Å²) in [6, 6.07) is 15.9. The molecule has 1 aliphatic heterocycles. The lowest BCUT2D eigenvalue weighted by atomic mass is 9.83. The highest BCUT2D eigenvalue weighted by Crippen LogP contribution is 2.42. The fourth-order valence-corrected chi connectivity index (χ4v) is 3.25. The SMILES string of the molecule is Cc1ccc(Oc2ccccc2C2(OC(=O)C(C)(C)C)CCNCC2)cc1. The number of rotatable bonds is 4. The lowest BCUT2D eigenvalue weighted by Crippen LogP contribution is -2.45. The molecule has 0 unspecified atom stereocenters. The Labute approximate surface area is 161 Å². The van der Waals surface area contributed by atoms with Crippen molar-refractivity contribution in [2.45, 2.75) is 46.1 Å². The van der Waals surface area contributed by atoms with E-state index in [4.69, 9.17) is 9.47 Å². The summed E-state index contributed by atoms with van der Waals surface area (Å²) in [6.45, 7) is 9.32. The van der Waals surface area contributed by atoms with Crippen molar-refractivity contribution in [1.82, 2.24) is 5.32 Å². The van der Waals surface area contributed by atoms with Gasteiger partial charge in [0.2, 0.25) is 0 Å². The van der Waals surface area contributed by atoms with E-state index in [1.165, 1.54) is 5.56 Å². The smallest absolute Gasteiger partial charge is 0.312 e. The molecule has 0 saturated carbocycles. The summed E-state index contributed by atoms with van der Waals surface area (Å²) in [5, 5.41) is 3.36. The van der Waals surface area contributed by atoms with Crippen LogP contribution in [0.3, 0.4) is 0 Å². The van der Waals surface area contributed by atoms with Crippen LogP contribution in [-0.2, 0) is 15.1 Å². The number of esters is 1. The maximum absolute atomic E-state index is 12.7. The van der Waals surface area contributed by atoms with Gasteiger partial charge in [0.05, 0.1) is 5.41 Å². The van der Waals surface area contributed by atoms with Gasteiger partial charge in [0.25, 0.3) is 0 Å². The largest absolute Gasteiger partial charge is 0.457 e. The van der Waals surface area contributed by atoms with Crippen LogP contribution in [0.4, 0.5) is 0 Å². The molecular weight excluding hydrogens is 338 g/mol. The van der Waals surface area contributed by atoms with Crippen molar-refractivity contribution in [2.24, 2.45) is 5.41 Å². The minimum Gasteiger partial charge on any atom is -0.457 e. The highest BCUT2D eigenvalue weighted by molar-refractivity contribution is 5.76. The molecule has 1 aliphatic rings. The molecule has 0 aromatic heterocycles. The molecule has 2 aromatic rings. The minimum absolute atomic E-state index is 0.186. The van der Waals surface area contributed by atoms with Crippen molar-refractivity contribution >= 4 is 5.97 Å². The molecule has 0 aliphatic carbocycles. The van der Waals surface area contributed by atoms with Gasteiger partial charge in [-0.15, -0.1) is 0 Å². The van der Waals surface area contributed by atoms with E-state index in [9.17, 15) is 4.79 Å². The second-order valence-corrected chi connectivity index (χ2v) is 8.30. The average Bonchev–Trinajstić information content (AvgIpc) is 2.64. The number of aryl methyl sites for hydroxylation is 1. The molecule has 0 bridgehead atoms.